The number of piperidine rings is 1. The lowest BCUT2D eigenvalue weighted by Gasteiger charge is -2.32. The summed E-state index contributed by atoms with van der Waals surface area (Å²) in [7, 11) is 0. The van der Waals surface area contributed by atoms with Gasteiger partial charge in [-0.25, -0.2) is 0 Å². The van der Waals surface area contributed by atoms with Crippen LogP contribution in [0, 0.1) is 11.8 Å². The predicted octanol–water partition coefficient (Wildman–Crippen LogP) is 2.28. The monoisotopic (exact) mass is 210 g/mol. The fraction of sp³-hybridized carbons (Fsp3) is 1.00. The van der Waals surface area contributed by atoms with Crippen LogP contribution in [0.15, 0.2) is 0 Å². The molecular weight excluding hydrogens is 184 g/mol. The lowest BCUT2D eigenvalue weighted by atomic mass is 9.83. The van der Waals surface area contributed by atoms with Gasteiger partial charge >= 0.3 is 0 Å². The van der Waals surface area contributed by atoms with Crippen molar-refractivity contribution in [1.29, 1.82) is 0 Å². The van der Waals surface area contributed by atoms with Gasteiger partial charge in [0.2, 0.25) is 0 Å². The Hall–Kier alpha value is -0.0800. The van der Waals surface area contributed by atoms with Crippen LogP contribution in [0.5, 0.6) is 0 Å². The summed E-state index contributed by atoms with van der Waals surface area (Å²) in [4.78, 5) is 0. The summed E-state index contributed by atoms with van der Waals surface area (Å²) >= 11 is 0. The minimum atomic E-state index is 0.467. The molecule has 0 spiro atoms. The first-order chi connectivity index (χ1) is 7.36. The van der Waals surface area contributed by atoms with Crippen LogP contribution in [0.25, 0.3) is 0 Å². The zero-order chi connectivity index (χ0) is 10.5. The van der Waals surface area contributed by atoms with Gasteiger partial charge in [0.25, 0.3) is 0 Å². The third-order valence-electron chi connectivity index (χ3n) is 4.28. The summed E-state index contributed by atoms with van der Waals surface area (Å²) in [5, 5.41) is 3.49. The number of hydrogen-bond donors (Lipinski definition) is 2. The second kappa shape index (κ2) is 5.86. The molecule has 1 aliphatic carbocycles. The number of nitrogens with one attached hydrogen (secondary N) is 1. The molecule has 0 aromatic carbocycles. The zero-order valence-electron chi connectivity index (χ0n) is 9.88. The Labute approximate surface area is 94.0 Å². The van der Waals surface area contributed by atoms with Crippen molar-refractivity contribution in [3.8, 4) is 0 Å². The first-order valence-corrected chi connectivity index (χ1v) is 6.82. The van der Waals surface area contributed by atoms with Gasteiger partial charge in [0.15, 0.2) is 0 Å². The topological polar surface area (TPSA) is 38.0 Å². The Kier molecular flexibility index (Phi) is 4.45. The number of rotatable bonds is 2. The van der Waals surface area contributed by atoms with Gasteiger partial charge < -0.3 is 11.1 Å². The van der Waals surface area contributed by atoms with Gasteiger partial charge in [-0.15, -0.1) is 0 Å². The summed E-state index contributed by atoms with van der Waals surface area (Å²) in [5.74, 6) is 1.73. The molecule has 88 valence electrons. The molecule has 15 heavy (non-hydrogen) atoms. The van der Waals surface area contributed by atoms with Crippen LogP contribution in [0.4, 0.5) is 0 Å². The normalized spacial score (nSPS) is 35.0. The maximum Gasteiger partial charge on any atom is 0.00914 e. The van der Waals surface area contributed by atoms with Gasteiger partial charge in [-0.1, -0.05) is 38.5 Å². The van der Waals surface area contributed by atoms with E-state index in [4.69, 9.17) is 5.73 Å². The highest BCUT2D eigenvalue weighted by atomic mass is 14.9. The predicted molar refractivity (Wildman–Crippen MR) is 64.8 cm³/mol. The molecule has 0 aromatic rings. The van der Waals surface area contributed by atoms with Crippen LogP contribution in [-0.2, 0) is 0 Å². The summed E-state index contributed by atoms with van der Waals surface area (Å²) in [6.07, 6.45) is 11.3. The van der Waals surface area contributed by atoms with Gasteiger partial charge in [0.1, 0.15) is 0 Å². The number of hydrogen-bond acceptors (Lipinski definition) is 2. The smallest absolute Gasteiger partial charge is 0.00914 e. The van der Waals surface area contributed by atoms with E-state index < -0.39 is 0 Å². The second-order valence-electron chi connectivity index (χ2n) is 5.51. The Morgan fingerprint density at radius 1 is 1.00 bits per heavy atom. The highest BCUT2D eigenvalue weighted by Gasteiger charge is 2.25. The van der Waals surface area contributed by atoms with Crippen molar-refractivity contribution in [2.75, 3.05) is 13.1 Å². The molecule has 2 aliphatic rings. The van der Waals surface area contributed by atoms with Gasteiger partial charge in [-0.2, -0.15) is 0 Å². The molecule has 2 nitrogen and oxygen atoms in total. The van der Waals surface area contributed by atoms with E-state index in [1.807, 2.05) is 0 Å². The van der Waals surface area contributed by atoms with E-state index in [9.17, 15) is 0 Å². The molecule has 1 saturated heterocycles. The first kappa shape index (κ1) is 11.4. The molecule has 2 heteroatoms. The third kappa shape index (κ3) is 3.46. The highest BCUT2D eigenvalue weighted by Crippen LogP contribution is 2.29. The molecule has 1 aliphatic heterocycles. The summed E-state index contributed by atoms with van der Waals surface area (Å²) in [6, 6.07) is 0.467. The van der Waals surface area contributed by atoms with E-state index in [1.54, 1.807) is 0 Å². The van der Waals surface area contributed by atoms with E-state index in [-0.39, 0.29) is 0 Å². The highest BCUT2D eigenvalue weighted by molar-refractivity contribution is 4.82. The first-order valence-electron chi connectivity index (χ1n) is 6.82. The maximum atomic E-state index is 6.20. The molecule has 0 bridgehead atoms. The summed E-state index contributed by atoms with van der Waals surface area (Å²) < 4.78 is 0. The fourth-order valence-corrected chi connectivity index (χ4v) is 3.23. The summed E-state index contributed by atoms with van der Waals surface area (Å²) in [6.45, 7) is 2.29. The third-order valence-corrected chi connectivity index (χ3v) is 4.28. The second-order valence-corrected chi connectivity index (χ2v) is 5.51. The Balaban J connectivity index is 1.78. The molecule has 3 N–H and O–H groups in total. The van der Waals surface area contributed by atoms with Crippen LogP contribution < -0.4 is 11.1 Å². The number of nitrogens with two attached hydrogens (primary N) is 1. The van der Waals surface area contributed by atoms with E-state index in [1.165, 1.54) is 51.4 Å². The van der Waals surface area contributed by atoms with E-state index in [0.29, 0.717) is 6.04 Å². The van der Waals surface area contributed by atoms with Crippen molar-refractivity contribution >= 4 is 0 Å². The van der Waals surface area contributed by atoms with Crippen molar-refractivity contribution in [1.82, 2.24) is 5.32 Å². The molecule has 0 radical (unpaired) electrons. The molecule has 2 atom stereocenters. The fourth-order valence-electron chi connectivity index (χ4n) is 3.23. The molecular formula is C13H26N2. The van der Waals surface area contributed by atoms with Gasteiger partial charge in [0, 0.05) is 6.04 Å². The Bertz CT molecular complexity index is 173. The zero-order valence-corrected chi connectivity index (χ0v) is 9.88. The standard InChI is InChI=1S/C13H26N2/c14-13-7-8-15-10-12(13)9-11-5-3-1-2-4-6-11/h11-13,15H,1-10,14H2. The van der Waals surface area contributed by atoms with E-state index in [0.717, 1.165) is 24.9 Å². The average molecular weight is 210 g/mol. The van der Waals surface area contributed by atoms with Crippen molar-refractivity contribution in [2.45, 2.75) is 57.4 Å². The van der Waals surface area contributed by atoms with Crippen LogP contribution in [0.3, 0.4) is 0 Å². The molecule has 0 amide bonds. The molecule has 1 saturated carbocycles. The largest absolute Gasteiger partial charge is 0.327 e. The van der Waals surface area contributed by atoms with Crippen LogP contribution in [0.2, 0.25) is 0 Å². The van der Waals surface area contributed by atoms with Crippen molar-refractivity contribution in [3.63, 3.8) is 0 Å². The minimum Gasteiger partial charge on any atom is -0.327 e. The Morgan fingerprint density at radius 3 is 2.40 bits per heavy atom. The van der Waals surface area contributed by atoms with Crippen molar-refractivity contribution in [2.24, 2.45) is 17.6 Å². The molecule has 2 unspecified atom stereocenters. The van der Waals surface area contributed by atoms with Crippen molar-refractivity contribution < 1.29 is 0 Å². The quantitative estimate of drug-likeness (QED) is 0.686. The van der Waals surface area contributed by atoms with Crippen LogP contribution in [0.1, 0.15) is 51.4 Å². The van der Waals surface area contributed by atoms with Crippen molar-refractivity contribution in [3.05, 3.63) is 0 Å². The Morgan fingerprint density at radius 2 is 1.73 bits per heavy atom. The van der Waals surface area contributed by atoms with Gasteiger partial charge in [-0.3, -0.25) is 0 Å². The lowest BCUT2D eigenvalue weighted by molar-refractivity contribution is 0.254. The van der Waals surface area contributed by atoms with Crippen LogP contribution >= 0.6 is 0 Å². The van der Waals surface area contributed by atoms with E-state index >= 15 is 0 Å². The SMILES string of the molecule is NC1CCNCC1CC1CCCCCC1. The minimum absolute atomic E-state index is 0.467. The molecule has 2 fully saturated rings. The summed E-state index contributed by atoms with van der Waals surface area (Å²) in [5.41, 5.74) is 6.20. The molecule has 2 rings (SSSR count). The lowest BCUT2D eigenvalue weighted by Crippen LogP contribution is -2.45. The van der Waals surface area contributed by atoms with Gasteiger partial charge in [0.05, 0.1) is 0 Å². The maximum absolute atomic E-state index is 6.20. The molecule has 0 aromatic heterocycles. The average Bonchev–Trinajstić information content (AvgIpc) is 2.50. The molecule has 1 heterocycles. The van der Waals surface area contributed by atoms with Crippen LogP contribution in [-0.4, -0.2) is 19.1 Å². The van der Waals surface area contributed by atoms with E-state index in [2.05, 4.69) is 5.32 Å². The van der Waals surface area contributed by atoms with Gasteiger partial charge in [-0.05, 0) is 37.8 Å².